The molecular weight excluding hydrogens is 342 g/mol. The van der Waals surface area contributed by atoms with E-state index in [0.717, 1.165) is 11.6 Å². The largest absolute Gasteiger partial charge is 0.475 e. The van der Waals surface area contributed by atoms with Crippen LogP contribution < -0.4 is 10.6 Å². The van der Waals surface area contributed by atoms with Crippen LogP contribution in [0.25, 0.3) is 10.4 Å². The second-order valence-electron chi connectivity index (χ2n) is 5.50. The molecule has 0 radical (unpaired) electrons. The van der Waals surface area contributed by atoms with Crippen molar-refractivity contribution in [3.8, 4) is 0 Å². The van der Waals surface area contributed by atoms with Gasteiger partial charge in [0, 0.05) is 18.4 Å². The van der Waals surface area contributed by atoms with Crippen LogP contribution in [0.2, 0.25) is 0 Å². The summed E-state index contributed by atoms with van der Waals surface area (Å²) < 4.78 is 5.24. The number of rotatable bonds is 6. The Morgan fingerprint density at radius 3 is 2.58 bits per heavy atom. The lowest BCUT2D eigenvalue weighted by molar-refractivity contribution is -0.143. The number of hydrogen-bond donors (Lipinski definition) is 3. The minimum Gasteiger partial charge on any atom is -0.475 e. The predicted octanol–water partition coefficient (Wildman–Crippen LogP) is 0.854. The van der Waals surface area contributed by atoms with Crippen LogP contribution in [0.5, 0.6) is 0 Å². The Morgan fingerprint density at radius 2 is 2.00 bits per heavy atom. The highest BCUT2D eigenvalue weighted by Crippen LogP contribution is 2.22. The van der Waals surface area contributed by atoms with Crippen LogP contribution in [-0.4, -0.2) is 41.1 Å². The van der Waals surface area contributed by atoms with Gasteiger partial charge in [0.1, 0.15) is 0 Å². The van der Waals surface area contributed by atoms with Crippen molar-refractivity contribution in [1.29, 1.82) is 0 Å². The van der Waals surface area contributed by atoms with Crippen molar-refractivity contribution in [3.05, 3.63) is 58.2 Å². The molecule has 10 heteroatoms. The first-order valence-electron chi connectivity index (χ1n) is 7.67. The van der Waals surface area contributed by atoms with Gasteiger partial charge in [-0.1, -0.05) is 35.4 Å². The zero-order valence-corrected chi connectivity index (χ0v) is 13.8. The fourth-order valence-electron chi connectivity index (χ4n) is 2.47. The topological polar surface area (TPSA) is 153 Å². The van der Waals surface area contributed by atoms with Crippen molar-refractivity contribution >= 4 is 17.8 Å². The smallest absolute Gasteiger partial charge is 0.370 e. The van der Waals surface area contributed by atoms with Gasteiger partial charge in [-0.05, 0) is 17.2 Å². The van der Waals surface area contributed by atoms with Crippen LogP contribution in [0.4, 0.5) is 0 Å². The van der Waals surface area contributed by atoms with Crippen molar-refractivity contribution in [3.63, 3.8) is 0 Å². The zero-order valence-electron chi connectivity index (χ0n) is 13.8. The summed E-state index contributed by atoms with van der Waals surface area (Å²) in [4.78, 5) is 37.9. The summed E-state index contributed by atoms with van der Waals surface area (Å²) in [6, 6.07) is 6.93. The van der Waals surface area contributed by atoms with Gasteiger partial charge in [0.2, 0.25) is 11.7 Å². The summed E-state index contributed by atoms with van der Waals surface area (Å²) in [5.41, 5.74) is 9.53. The van der Waals surface area contributed by atoms with Crippen molar-refractivity contribution in [2.75, 3.05) is 0 Å². The molecule has 0 unspecified atom stereocenters. The Labute approximate surface area is 148 Å². The number of carboxylic acids is 1. The molecule has 1 aromatic carbocycles. The number of carboxylic acid groups (broad SMARTS) is 1. The Kier molecular flexibility index (Phi) is 6.18. The summed E-state index contributed by atoms with van der Waals surface area (Å²) in [5, 5.41) is 17.7. The molecule has 0 saturated carbocycles. The molecule has 1 aromatic rings. The molecule has 3 N–H and O–H groups in total. The zero-order chi connectivity index (χ0) is 19.1. The molecule has 0 aliphatic carbocycles. The van der Waals surface area contributed by atoms with E-state index in [2.05, 4.69) is 20.7 Å². The van der Waals surface area contributed by atoms with Gasteiger partial charge in [0.05, 0.1) is 12.1 Å². The van der Waals surface area contributed by atoms with Crippen LogP contribution in [0.3, 0.4) is 0 Å². The van der Waals surface area contributed by atoms with E-state index in [0.29, 0.717) is 0 Å². The molecule has 0 bridgehead atoms. The molecule has 1 aliphatic heterocycles. The monoisotopic (exact) mass is 359 g/mol. The lowest BCUT2D eigenvalue weighted by Gasteiger charge is -2.33. The molecule has 136 valence electrons. The second kappa shape index (κ2) is 8.54. The summed E-state index contributed by atoms with van der Waals surface area (Å²) in [6.45, 7) is 1.41. The van der Waals surface area contributed by atoms with Crippen molar-refractivity contribution in [1.82, 2.24) is 10.6 Å². The van der Waals surface area contributed by atoms with Gasteiger partial charge in [0.25, 0.3) is 5.91 Å². The lowest BCUT2D eigenvalue weighted by Crippen LogP contribution is -2.57. The average molecular weight is 359 g/mol. The van der Waals surface area contributed by atoms with Crippen LogP contribution in [0.15, 0.2) is 47.3 Å². The van der Waals surface area contributed by atoms with Gasteiger partial charge < -0.3 is 20.5 Å². The average Bonchev–Trinajstić information content (AvgIpc) is 2.61. The first-order valence-corrected chi connectivity index (χ1v) is 7.67. The quantitative estimate of drug-likeness (QED) is 0.390. The summed E-state index contributed by atoms with van der Waals surface area (Å²) in [7, 11) is 0. The number of benzene rings is 1. The minimum atomic E-state index is -1.41. The normalized spacial score (nSPS) is 21.4. The van der Waals surface area contributed by atoms with Crippen LogP contribution in [0, 0.1) is 0 Å². The number of nitrogens with one attached hydrogen (secondary N) is 2. The maximum Gasteiger partial charge on any atom is 0.370 e. The molecule has 0 fully saturated rings. The molecule has 0 spiro atoms. The molecule has 0 aromatic heterocycles. The minimum absolute atomic E-state index is 0.185. The number of ether oxygens (including phenoxy) is 1. The van der Waals surface area contributed by atoms with E-state index in [1.807, 2.05) is 18.2 Å². The third-order valence-corrected chi connectivity index (χ3v) is 3.60. The third kappa shape index (κ3) is 4.74. The molecule has 2 rings (SSSR count). The predicted molar refractivity (Wildman–Crippen MR) is 89.4 cm³/mol. The van der Waals surface area contributed by atoms with E-state index in [1.165, 1.54) is 6.92 Å². The molecule has 1 aliphatic rings. The molecule has 26 heavy (non-hydrogen) atoms. The SMILES string of the molecule is CC(=O)N[C@@H]1[C@@H](N=[N+]=[N-])C=C(C(=O)O)O[C@H]1C(=O)NCc1ccccc1. The Hall–Kier alpha value is -3.52. The number of aliphatic carboxylic acids is 1. The number of hydrogen-bond acceptors (Lipinski definition) is 5. The van der Waals surface area contributed by atoms with Crippen molar-refractivity contribution < 1.29 is 24.2 Å². The summed E-state index contributed by atoms with van der Waals surface area (Å²) in [6.07, 6.45) is -0.307. The van der Waals surface area contributed by atoms with Gasteiger partial charge in [0.15, 0.2) is 6.10 Å². The summed E-state index contributed by atoms with van der Waals surface area (Å²) in [5.74, 6) is -3.06. The first kappa shape index (κ1) is 18.8. The highest BCUT2D eigenvalue weighted by Gasteiger charge is 2.41. The number of amides is 2. The number of azide groups is 1. The summed E-state index contributed by atoms with van der Waals surface area (Å²) >= 11 is 0. The standard InChI is InChI=1S/C16H17N5O5/c1-9(22)19-13-11(20-21-17)7-12(16(24)25)26-14(13)15(23)18-8-10-5-3-2-4-6-10/h2-7,11,13-14H,8H2,1H3,(H,18,23)(H,19,22)(H,24,25)/t11-,13+,14+/m0/s1. The van der Waals surface area contributed by atoms with E-state index < -0.39 is 41.7 Å². The molecule has 1 heterocycles. The van der Waals surface area contributed by atoms with Crippen LogP contribution in [0.1, 0.15) is 12.5 Å². The highest BCUT2D eigenvalue weighted by atomic mass is 16.5. The van der Waals surface area contributed by atoms with E-state index in [9.17, 15) is 14.4 Å². The van der Waals surface area contributed by atoms with Gasteiger partial charge >= 0.3 is 5.97 Å². The van der Waals surface area contributed by atoms with E-state index in [1.54, 1.807) is 12.1 Å². The van der Waals surface area contributed by atoms with Crippen LogP contribution >= 0.6 is 0 Å². The Morgan fingerprint density at radius 1 is 1.31 bits per heavy atom. The van der Waals surface area contributed by atoms with E-state index in [-0.39, 0.29) is 6.54 Å². The second-order valence-corrected chi connectivity index (χ2v) is 5.50. The third-order valence-electron chi connectivity index (χ3n) is 3.60. The number of nitrogens with zero attached hydrogens (tertiary/aromatic N) is 3. The maximum atomic E-state index is 12.5. The first-order chi connectivity index (χ1) is 12.4. The van der Waals surface area contributed by atoms with Crippen molar-refractivity contribution in [2.24, 2.45) is 5.11 Å². The fraction of sp³-hybridized carbons (Fsp3) is 0.312. The van der Waals surface area contributed by atoms with Crippen LogP contribution in [-0.2, 0) is 25.7 Å². The molecular formula is C16H17N5O5. The fourth-order valence-corrected chi connectivity index (χ4v) is 2.47. The molecule has 10 nitrogen and oxygen atoms in total. The number of carbonyl (C=O) groups excluding carboxylic acids is 2. The number of carbonyl (C=O) groups is 3. The van der Waals surface area contributed by atoms with Gasteiger partial charge in [-0.2, -0.15) is 0 Å². The molecule has 2 amide bonds. The van der Waals surface area contributed by atoms with Gasteiger partial charge in [-0.15, -0.1) is 0 Å². The van der Waals surface area contributed by atoms with E-state index in [4.69, 9.17) is 15.4 Å². The Bertz CT molecular complexity index is 772. The van der Waals surface area contributed by atoms with E-state index >= 15 is 0 Å². The molecule has 3 atom stereocenters. The molecule has 0 saturated heterocycles. The lowest BCUT2D eigenvalue weighted by atomic mass is 9.98. The van der Waals surface area contributed by atoms with Gasteiger partial charge in [-0.25, -0.2) is 4.79 Å². The maximum absolute atomic E-state index is 12.5. The highest BCUT2D eigenvalue weighted by molar-refractivity contribution is 5.88. The van der Waals surface area contributed by atoms with Gasteiger partial charge in [-0.3, -0.25) is 9.59 Å². The van der Waals surface area contributed by atoms with Crippen molar-refractivity contribution in [2.45, 2.75) is 31.7 Å². The Balaban J connectivity index is 2.24.